The summed E-state index contributed by atoms with van der Waals surface area (Å²) in [6.07, 6.45) is 0. The molecule has 19 heavy (non-hydrogen) atoms. The molecule has 0 spiro atoms. The average Bonchev–Trinajstić information content (AvgIpc) is 2.54. The molecule has 0 aromatic carbocycles. The molecule has 2 aliphatic rings. The largest absolute Gasteiger partial charge is 0.295 e. The third kappa shape index (κ3) is 2.32. The Morgan fingerprint density at radius 2 is 1.11 bits per heavy atom. The highest BCUT2D eigenvalue weighted by Gasteiger charge is 2.20. The minimum Gasteiger partial charge on any atom is -0.295 e. The molecule has 0 amide bonds. The number of ketones is 3. The van der Waals surface area contributed by atoms with Crippen LogP contribution in [0.5, 0.6) is 0 Å². The van der Waals surface area contributed by atoms with Crippen LogP contribution < -0.4 is 0 Å². The lowest BCUT2D eigenvalue weighted by molar-refractivity contribution is 0.100. The lowest BCUT2D eigenvalue weighted by Gasteiger charge is -1.97. The Hall–Kier alpha value is -2.29. The molecule has 0 aromatic rings. The second-order valence-corrected chi connectivity index (χ2v) is 4.59. The standard InChI is InChI=1S/C16H14O3/c1-9(17)12-4-6-13-14(7-5-12)16(11(3)19)8-15(13)10(2)18/h4-8H,1-3H3. The van der Waals surface area contributed by atoms with Crippen molar-refractivity contribution < 1.29 is 14.4 Å². The zero-order valence-electron chi connectivity index (χ0n) is 11.1. The smallest absolute Gasteiger partial charge is 0.160 e. The van der Waals surface area contributed by atoms with E-state index >= 15 is 0 Å². The molecule has 2 rings (SSSR count). The van der Waals surface area contributed by atoms with E-state index in [0.717, 1.165) is 0 Å². The molecule has 0 heterocycles. The zero-order valence-corrected chi connectivity index (χ0v) is 11.1. The second kappa shape index (κ2) is 4.76. The Balaban J connectivity index is 2.79. The number of Topliss-reactive ketones (excluding diaryl/α,β-unsaturated/α-hetero) is 3. The number of hydrogen-bond donors (Lipinski definition) is 0. The maximum Gasteiger partial charge on any atom is 0.160 e. The first-order valence-electron chi connectivity index (χ1n) is 6.01. The van der Waals surface area contributed by atoms with Gasteiger partial charge in [-0.2, -0.15) is 0 Å². The Bertz CT molecular complexity index is 619. The third-order valence-electron chi connectivity index (χ3n) is 3.18. The Morgan fingerprint density at radius 3 is 1.42 bits per heavy atom. The SMILES string of the molecule is CC(=O)c1ccc2c(C(C)=O)cc(C(C)=O)c-2cc1. The molecule has 0 saturated heterocycles. The van der Waals surface area contributed by atoms with Crippen molar-refractivity contribution in [3.05, 3.63) is 47.0 Å². The quantitative estimate of drug-likeness (QED) is 0.789. The molecule has 0 radical (unpaired) electrons. The highest BCUT2D eigenvalue weighted by atomic mass is 16.1. The normalized spacial score (nSPS) is 10.5. The van der Waals surface area contributed by atoms with E-state index in [-0.39, 0.29) is 17.3 Å². The highest BCUT2D eigenvalue weighted by Crippen LogP contribution is 2.32. The molecule has 0 aliphatic heterocycles. The van der Waals surface area contributed by atoms with Gasteiger partial charge in [-0.1, -0.05) is 24.3 Å². The van der Waals surface area contributed by atoms with E-state index < -0.39 is 0 Å². The molecule has 3 nitrogen and oxygen atoms in total. The van der Waals surface area contributed by atoms with Gasteiger partial charge in [0.1, 0.15) is 0 Å². The average molecular weight is 254 g/mol. The van der Waals surface area contributed by atoms with Gasteiger partial charge in [0.25, 0.3) is 0 Å². The van der Waals surface area contributed by atoms with Crippen molar-refractivity contribution in [1.82, 2.24) is 0 Å². The maximum atomic E-state index is 11.6. The lowest BCUT2D eigenvalue weighted by atomic mass is 10.1. The van der Waals surface area contributed by atoms with Crippen LogP contribution in [0.15, 0.2) is 30.3 Å². The Morgan fingerprint density at radius 1 is 0.684 bits per heavy atom. The van der Waals surface area contributed by atoms with Crippen molar-refractivity contribution >= 4 is 17.3 Å². The van der Waals surface area contributed by atoms with Crippen molar-refractivity contribution in [2.75, 3.05) is 0 Å². The van der Waals surface area contributed by atoms with E-state index in [1.165, 1.54) is 20.8 Å². The Labute approximate surface area is 111 Å². The summed E-state index contributed by atoms with van der Waals surface area (Å²) < 4.78 is 0. The van der Waals surface area contributed by atoms with E-state index in [0.29, 0.717) is 27.8 Å². The van der Waals surface area contributed by atoms with Crippen molar-refractivity contribution in [2.45, 2.75) is 20.8 Å². The first kappa shape index (κ1) is 13.1. The van der Waals surface area contributed by atoms with Gasteiger partial charge in [-0.15, -0.1) is 0 Å². The van der Waals surface area contributed by atoms with Crippen LogP contribution in [0.3, 0.4) is 0 Å². The fourth-order valence-corrected chi connectivity index (χ4v) is 2.17. The molecule has 3 heteroatoms. The monoisotopic (exact) mass is 254 g/mol. The molecular formula is C16H14O3. The summed E-state index contributed by atoms with van der Waals surface area (Å²) in [5.41, 5.74) is 3.02. The summed E-state index contributed by atoms with van der Waals surface area (Å²) in [5.74, 6) is -0.229. The molecule has 96 valence electrons. The minimum atomic E-state index is -0.0897. The van der Waals surface area contributed by atoms with E-state index in [1.807, 2.05) is 0 Å². The topological polar surface area (TPSA) is 51.2 Å². The number of carbonyl (C=O) groups excluding carboxylic acids is 3. The first-order valence-corrected chi connectivity index (χ1v) is 6.01. The van der Waals surface area contributed by atoms with Crippen LogP contribution in [0.2, 0.25) is 0 Å². The van der Waals surface area contributed by atoms with Crippen LogP contribution in [0.4, 0.5) is 0 Å². The molecular weight excluding hydrogens is 240 g/mol. The van der Waals surface area contributed by atoms with Gasteiger partial charge >= 0.3 is 0 Å². The zero-order chi connectivity index (χ0) is 14.2. The van der Waals surface area contributed by atoms with E-state index in [4.69, 9.17) is 0 Å². The summed E-state index contributed by atoms with van der Waals surface area (Å²) >= 11 is 0. The molecule has 0 saturated carbocycles. The summed E-state index contributed by atoms with van der Waals surface area (Å²) in [5, 5.41) is 0. The summed E-state index contributed by atoms with van der Waals surface area (Å²) in [6, 6.07) is 8.45. The number of hydrogen-bond acceptors (Lipinski definition) is 3. The summed E-state index contributed by atoms with van der Waals surface area (Å²) in [7, 11) is 0. The van der Waals surface area contributed by atoms with Crippen LogP contribution in [-0.4, -0.2) is 17.3 Å². The number of rotatable bonds is 3. The van der Waals surface area contributed by atoms with Crippen LogP contribution in [0.25, 0.3) is 11.1 Å². The van der Waals surface area contributed by atoms with Gasteiger partial charge in [0.15, 0.2) is 17.3 Å². The molecule has 0 aromatic heterocycles. The van der Waals surface area contributed by atoms with Crippen LogP contribution >= 0.6 is 0 Å². The van der Waals surface area contributed by atoms with Gasteiger partial charge in [0.05, 0.1) is 0 Å². The van der Waals surface area contributed by atoms with Crippen LogP contribution in [-0.2, 0) is 0 Å². The van der Waals surface area contributed by atoms with E-state index in [9.17, 15) is 14.4 Å². The fourth-order valence-electron chi connectivity index (χ4n) is 2.17. The van der Waals surface area contributed by atoms with Crippen molar-refractivity contribution in [3.8, 4) is 11.1 Å². The molecule has 0 N–H and O–H groups in total. The first-order chi connectivity index (χ1) is 8.91. The predicted molar refractivity (Wildman–Crippen MR) is 73.1 cm³/mol. The fraction of sp³-hybridized carbons (Fsp3) is 0.188. The number of carbonyl (C=O) groups is 3. The highest BCUT2D eigenvalue weighted by molar-refractivity contribution is 6.11. The predicted octanol–water partition coefficient (Wildman–Crippen LogP) is 3.40. The van der Waals surface area contributed by atoms with Crippen molar-refractivity contribution in [1.29, 1.82) is 0 Å². The van der Waals surface area contributed by atoms with Crippen molar-refractivity contribution in [3.63, 3.8) is 0 Å². The maximum absolute atomic E-state index is 11.6. The molecule has 0 fully saturated rings. The Kier molecular flexibility index (Phi) is 3.30. The molecule has 0 unspecified atom stereocenters. The van der Waals surface area contributed by atoms with Gasteiger partial charge in [-0.05, 0) is 38.0 Å². The van der Waals surface area contributed by atoms with E-state index in [1.54, 1.807) is 30.3 Å². The minimum absolute atomic E-state index is 0.0496. The summed E-state index contributed by atoms with van der Waals surface area (Å²) in [4.78, 5) is 34.7. The van der Waals surface area contributed by atoms with Crippen LogP contribution in [0, 0.1) is 0 Å². The molecule has 0 bridgehead atoms. The molecule has 0 atom stereocenters. The van der Waals surface area contributed by atoms with E-state index in [2.05, 4.69) is 0 Å². The number of fused-ring (bicyclic) bond motifs is 1. The lowest BCUT2D eigenvalue weighted by Crippen LogP contribution is -1.90. The summed E-state index contributed by atoms with van der Waals surface area (Å²) in [6.45, 7) is 4.42. The van der Waals surface area contributed by atoms with Gasteiger partial charge in [0.2, 0.25) is 0 Å². The van der Waals surface area contributed by atoms with Crippen LogP contribution in [0.1, 0.15) is 51.8 Å². The van der Waals surface area contributed by atoms with Gasteiger partial charge in [-0.25, -0.2) is 0 Å². The van der Waals surface area contributed by atoms with Gasteiger partial charge in [-0.3, -0.25) is 14.4 Å². The van der Waals surface area contributed by atoms with Gasteiger partial charge < -0.3 is 0 Å². The van der Waals surface area contributed by atoms with Crippen molar-refractivity contribution in [2.24, 2.45) is 0 Å². The van der Waals surface area contributed by atoms with Gasteiger partial charge in [0, 0.05) is 16.7 Å². The molecule has 2 aliphatic carbocycles. The second-order valence-electron chi connectivity index (χ2n) is 4.59. The third-order valence-corrected chi connectivity index (χ3v) is 3.18.